The second-order valence-corrected chi connectivity index (χ2v) is 7.33. The van der Waals surface area contributed by atoms with E-state index >= 15 is 0 Å². The van der Waals surface area contributed by atoms with Crippen LogP contribution >= 0.6 is 22.9 Å². The van der Waals surface area contributed by atoms with Crippen molar-refractivity contribution in [3.05, 3.63) is 45.1 Å². The fraction of sp³-hybridized carbons (Fsp3) is 0.250. The largest absolute Gasteiger partial charge is 0.382 e. The van der Waals surface area contributed by atoms with E-state index in [1.54, 1.807) is 12.1 Å². The Balaban J connectivity index is 1.68. The molecule has 0 saturated carbocycles. The van der Waals surface area contributed by atoms with Crippen LogP contribution in [0.25, 0.3) is 0 Å². The van der Waals surface area contributed by atoms with Crippen molar-refractivity contribution in [2.24, 2.45) is 5.16 Å². The number of anilines is 2. The molecule has 0 fully saturated rings. The van der Waals surface area contributed by atoms with Gasteiger partial charge >= 0.3 is 0 Å². The van der Waals surface area contributed by atoms with E-state index in [0.717, 1.165) is 17.0 Å². The smallest absolute Gasteiger partial charge is 0.268 e. The number of carbonyl (C=O) groups excluding carboxylic acids is 1. The van der Waals surface area contributed by atoms with E-state index in [0.29, 0.717) is 10.0 Å². The molecule has 1 unspecified atom stereocenters. The molecule has 0 saturated heterocycles. The standard InChI is InChI=1S/C16H14ClF2N3O2S/c1-22(2)15-9(18)5-8(6-10(15)19)20-16(23)12-7-11(21-24-12)13-3-4-14(17)25-13/h3-6,12H,7H2,1-2H3,(H,20,23). The lowest BCUT2D eigenvalue weighted by Crippen LogP contribution is -2.28. The van der Waals surface area contributed by atoms with Gasteiger partial charge < -0.3 is 15.1 Å². The number of carbonyl (C=O) groups is 1. The van der Waals surface area contributed by atoms with Gasteiger partial charge in [0, 0.05) is 26.2 Å². The highest BCUT2D eigenvalue weighted by molar-refractivity contribution is 7.18. The number of hydrogen-bond acceptors (Lipinski definition) is 5. The van der Waals surface area contributed by atoms with E-state index in [1.807, 2.05) is 0 Å². The Morgan fingerprint density at radius 2 is 2.04 bits per heavy atom. The number of nitrogens with one attached hydrogen (secondary N) is 1. The normalized spacial score (nSPS) is 16.4. The fourth-order valence-corrected chi connectivity index (χ4v) is 3.45. The topological polar surface area (TPSA) is 53.9 Å². The molecule has 1 aliphatic heterocycles. The zero-order chi connectivity index (χ0) is 18.1. The summed E-state index contributed by atoms with van der Waals surface area (Å²) in [5.41, 5.74) is 0.453. The molecule has 1 aliphatic rings. The molecule has 1 N–H and O–H groups in total. The van der Waals surface area contributed by atoms with E-state index in [-0.39, 0.29) is 17.8 Å². The molecular weight excluding hydrogens is 372 g/mol. The molecule has 1 atom stereocenters. The Labute approximate surface area is 151 Å². The van der Waals surface area contributed by atoms with E-state index in [9.17, 15) is 13.6 Å². The molecule has 1 aromatic carbocycles. The molecule has 132 valence electrons. The Morgan fingerprint density at radius 3 is 2.60 bits per heavy atom. The summed E-state index contributed by atoms with van der Waals surface area (Å²) < 4.78 is 28.6. The zero-order valence-electron chi connectivity index (χ0n) is 13.3. The summed E-state index contributed by atoms with van der Waals surface area (Å²) in [5.74, 6) is -2.06. The molecule has 5 nitrogen and oxygen atoms in total. The number of benzene rings is 1. The molecule has 0 radical (unpaired) electrons. The monoisotopic (exact) mass is 385 g/mol. The van der Waals surface area contributed by atoms with Crippen LogP contribution in [0, 0.1) is 11.6 Å². The maximum Gasteiger partial charge on any atom is 0.268 e. The molecule has 0 aliphatic carbocycles. The fourth-order valence-electron chi connectivity index (χ4n) is 2.42. The average molecular weight is 386 g/mol. The second kappa shape index (κ2) is 6.97. The molecule has 2 aromatic rings. The van der Waals surface area contributed by atoms with Gasteiger partial charge in [-0.25, -0.2) is 8.78 Å². The minimum Gasteiger partial charge on any atom is -0.382 e. The Hall–Kier alpha value is -2.19. The summed E-state index contributed by atoms with van der Waals surface area (Å²) in [7, 11) is 3.06. The first-order valence-electron chi connectivity index (χ1n) is 7.31. The van der Waals surface area contributed by atoms with Crippen molar-refractivity contribution >= 4 is 45.9 Å². The Bertz CT molecular complexity index is 831. The van der Waals surface area contributed by atoms with E-state index in [1.165, 1.54) is 30.3 Å². The van der Waals surface area contributed by atoms with Gasteiger partial charge in [0.1, 0.15) is 11.4 Å². The lowest BCUT2D eigenvalue weighted by molar-refractivity contribution is -0.125. The minimum absolute atomic E-state index is 0.0156. The summed E-state index contributed by atoms with van der Waals surface area (Å²) in [6.45, 7) is 0. The van der Waals surface area contributed by atoms with Gasteiger partial charge in [0.2, 0.25) is 6.10 Å². The highest BCUT2D eigenvalue weighted by Crippen LogP contribution is 2.28. The molecule has 1 amide bonds. The third-order valence-corrected chi connectivity index (χ3v) is 4.83. The average Bonchev–Trinajstić information content (AvgIpc) is 3.14. The molecule has 1 aromatic heterocycles. The van der Waals surface area contributed by atoms with Crippen molar-refractivity contribution in [1.29, 1.82) is 0 Å². The highest BCUT2D eigenvalue weighted by atomic mass is 35.5. The minimum atomic E-state index is -0.865. The number of nitrogens with zero attached hydrogens (tertiary/aromatic N) is 2. The summed E-state index contributed by atoms with van der Waals surface area (Å²) in [5, 5.41) is 6.34. The maximum atomic E-state index is 14.0. The van der Waals surface area contributed by atoms with Gasteiger partial charge in [-0.2, -0.15) is 0 Å². The third kappa shape index (κ3) is 3.74. The van der Waals surface area contributed by atoms with Crippen molar-refractivity contribution < 1.29 is 18.4 Å². The highest BCUT2D eigenvalue weighted by Gasteiger charge is 2.30. The van der Waals surface area contributed by atoms with Crippen molar-refractivity contribution in [1.82, 2.24) is 0 Å². The van der Waals surface area contributed by atoms with Crippen LogP contribution in [0.1, 0.15) is 11.3 Å². The van der Waals surface area contributed by atoms with Crippen LogP contribution in [0.3, 0.4) is 0 Å². The van der Waals surface area contributed by atoms with Crippen LogP contribution in [-0.4, -0.2) is 31.8 Å². The number of rotatable bonds is 4. The van der Waals surface area contributed by atoms with E-state index in [4.69, 9.17) is 16.4 Å². The van der Waals surface area contributed by atoms with Crippen molar-refractivity contribution in [3.63, 3.8) is 0 Å². The van der Waals surface area contributed by atoms with Gasteiger partial charge in [0.15, 0.2) is 11.6 Å². The predicted molar refractivity (Wildman–Crippen MR) is 94.7 cm³/mol. The number of thiophene rings is 1. The summed E-state index contributed by atoms with van der Waals surface area (Å²) in [6, 6.07) is 5.65. The number of hydrogen-bond donors (Lipinski definition) is 1. The first kappa shape index (κ1) is 17.6. The summed E-state index contributed by atoms with van der Waals surface area (Å²) in [6.07, 6.45) is -0.612. The molecular formula is C16H14ClF2N3O2S. The summed E-state index contributed by atoms with van der Waals surface area (Å²) >= 11 is 7.21. The first-order chi connectivity index (χ1) is 11.8. The van der Waals surface area contributed by atoms with Crippen LogP contribution < -0.4 is 10.2 Å². The van der Waals surface area contributed by atoms with Gasteiger partial charge in [-0.3, -0.25) is 4.79 Å². The van der Waals surface area contributed by atoms with Crippen LogP contribution in [-0.2, 0) is 9.63 Å². The van der Waals surface area contributed by atoms with Gasteiger partial charge in [-0.1, -0.05) is 16.8 Å². The molecule has 2 heterocycles. The predicted octanol–water partition coefficient (Wildman–Crippen LogP) is 3.88. The molecule has 9 heteroatoms. The number of amides is 1. The van der Waals surface area contributed by atoms with Gasteiger partial charge in [0.05, 0.1) is 9.21 Å². The quantitative estimate of drug-likeness (QED) is 0.869. The van der Waals surface area contributed by atoms with E-state index in [2.05, 4.69) is 10.5 Å². The number of oxime groups is 1. The zero-order valence-corrected chi connectivity index (χ0v) is 14.9. The molecule has 3 rings (SSSR count). The van der Waals surface area contributed by atoms with Crippen LogP contribution in [0.2, 0.25) is 4.34 Å². The second-order valence-electron chi connectivity index (χ2n) is 5.61. The third-order valence-electron chi connectivity index (χ3n) is 3.55. The molecule has 25 heavy (non-hydrogen) atoms. The van der Waals surface area contributed by atoms with Gasteiger partial charge in [-0.15, -0.1) is 11.3 Å². The van der Waals surface area contributed by atoms with E-state index < -0.39 is 23.6 Å². The number of halogens is 3. The molecule has 0 spiro atoms. The lowest BCUT2D eigenvalue weighted by Gasteiger charge is -2.16. The van der Waals surface area contributed by atoms with Gasteiger partial charge in [-0.05, 0) is 24.3 Å². The van der Waals surface area contributed by atoms with Crippen LogP contribution in [0.15, 0.2) is 29.4 Å². The summed E-state index contributed by atoms with van der Waals surface area (Å²) in [4.78, 5) is 19.5. The van der Waals surface area contributed by atoms with Crippen LogP contribution in [0.5, 0.6) is 0 Å². The molecule has 0 bridgehead atoms. The Morgan fingerprint density at radius 1 is 1.36 bits per heavy atom. The van der Waals surface area contributed by atoms with Crippen molar-refractivity contribution in [3.8, 4) is 0 Å². The maximum absolute atomic E-state index is 14.0. The first-order valence-corrected chi connectivity index (χ1v) is 8.50. The SMILES string of the molecule is CN(C)c1c(F)cc(NC(=O)C2CC(c3ccc(Cl)s3)=NO2)cc1F. The van der Waals surface area contributed by atoms with Crippen LogP contribution in [0.4, 0.5) is 20.2 Å². The van der Waals surface area contributed by atoms with Crippen molar-refractivity contribution in [2.75, 3.05) is 24.3 Å². The Kier molecular flexibility index (Phi) is 4.91. The van der Waals surface area contributed by atoms with Gasteiger partial charge in [0.25, 0.3) is 5.91 Å². The lowest BCUT2D eigenvalue weighted by atomic mass is 10.1. The van der Waals surface area contributed by atoms with Crippen molar-refractivity contribution in [2.45, 2.75) is 12.5 Å².